The molecular weight excluding hydrogens is 402 g/mol. The number of H-pyrrole nitrogens is 1. The van der Waals surface area contributed by atoms with Crippen molar-refractivity contribution in [2.45, 2.75) is 0 Å². The van der Waals surface area contributed by atoms with Crippen molar-refractivity contribution in [3.8, 4) is 22.7 Å². The van der Waals surface area contributed by atoms with Crippen LogP contribution in [0, 0.1) is 4.77 Å². The molecule has 2 N–H and O–H groups in total. The third kappa shape index (κ3) is 3.59. The maximum atomic E-state index is 5.95. The number of aromatic amines is 1. The van der Waals surface area contributed by atoms with Crippen LogP contribution in [0.2, 0.25) is 5.02 Å². The van der Waals surface area contributed by atoms with Crippen molar-refractivity contribution in [3.05, 3.63) is 63.7 Å². The highest BCUT2D eigenvalue weighted by Crippen LogP contribution is 2.30. The quantitative estimate of drug-likeness (QED) is 0.423. The summed E-state index contributed by atoms with van der Waals surface area (Å²) in [6.07, 6.45) is 0. The summed E-state index contributed by atoms with van der Waals surface area (Å²) in [6, 6.07) is 15.2. The summed E-state index contributed by atoms with van der Waals surface area (Å²) < 4.78 is 7.67. The summed E-state index contributed by atoms with van der Waals surface area (Å²) in [7, 11) is 1.62. The van der Waals surface area contributed by atoms with Gasteiger partial charge in [0.15, 0.2) is 5.13 Å². The second kappa shape index (κ2) is 7.51. The summed E-state index contributed by atoms with van der Waals surface area (Å²) >= 11 is 12.8. The first-order chi connectivity index (χ1) is 13.2. The van der Waals surface area contributed by atoms with Crippen molar-refractivity contribution in [1.82, 2.24) is 19.7 Å². The van der Waals surface area contributed by atoms with E-state index in [0.29, 0.717) is 26.6 Å². The predicted molar refractivity (Wildman–Crippen MR) is 111 cm³/mol. The molecule has 2 aromatic heterocycles. The zero-order valence-electron chi connectivity index (χ0n) is 14.1. The molecule has 0 spiro atoms. The molecule has 0 aliphatic rings. The minimum atomic E-state index is 0.455. The SMILES string of the molecule is COc1ccccc1-n1c(Nc2nc(-c3ccc(Cl)cc3)cs2)n[nH]c1=S. The van der Waals surface area contributed by atoms with Crippen molar-refractivity contribution in [3.63, 3.8) is 0 Å². The van der Waals surface area contributed by atoms with Gasteiger partial charge in [-0.1, -0.05) is 35.9 Å². The first-order valence-electron chi connectivity index (χ1n) is 7.95. The molecule has 0 atom stereocenters. The van der Waals surface area contributed by atoms with E-state index in [-0.39, 0.29) is 0 Å². The number of methoxy groups -OCH3 is 1. The third-order valence-corrected chi connectivity index (χ3v) is 5.14. The first kappa shape index (κ1) is 17.7. The Balaban J connectivity index is 1.67. The number of hydrogen-bond donors (Lipinski definition) is 2. The maximum absolute atomic E-state index is 5.95. The third-order valence-electron chi connectivity index (χ3n) is 3.86. The molecule has 6 nitrogen and oxygen atoms in total. The molecular formula is C18H14ClN5OS2. The van der Waals surface area contributed by atoms with E-state index in [1.165, 1.54) is 11.3 Å². The second-order valence-corrected chi connectivity index (χ2v) is 7.21. The lowest BCUT2D eigenvalue weighted by Gasteiger charge is -2.11. The number of hydrogen-bond acceptors (Lipinski definition) is 6. The number of ether oxygens (including phenoxy) is 1. The van der Waals surface area contributed by atoms with Crippen LogP contribution in [-0.2, 0) is 0 Å². The van der Waals surface area contributed by atoms with Crippen molar-refractivity contribution >= 4 is 46.2 Å². The van der Waals surface area contributed by atoms with E-state index in [1.54, 1.807) is 11.7 Å². The highest BCUT2D eigenvalue weighted by Gasteiger charge is 2.14. The molecule has 136 valence electrons. The van der Waals surface area contributed by atoms with Gasteiger partial charge >= 0.3 is 0 Å². The van der Waals surface area contributed by atoms with Crippen LogP contribution in [0.25, 0.3) is 16.9 Å². The van der Waals surface area contributed by atoms with E-state index in [1.807, 2.05) is 53.9 Å². The van der Waals surface area contributed by atoms with Gasteiger partial charge in [0.1, 0.15) is 5.75 Å². The normalized spacial score (nSPS) is 10.7. The van der Waals surface area contributed by atoms with E-state index >= 15 is 0 Å². The highest BCUT2D eigenvalue weighted by molar-refractivity contribution is 7.71. The summed E-state index contributed by atoms with van der Waals surface area (Å²) in [5.41, 5.74) is 2.64. The number of benzene rings is 2. The molecule has 0 fully saturated rings. The highest BCUT2D eigenvalue weighted by atomic mass is 35.5. The fourth-order valence-corrected chi connectivity index (χ4v) is 3.67. The Labute approximate surface area is 169 Å². The molecule has 2 aromatic carbocycles. The Kier molecular flexibility index (Phi) is 4.93. The van der Waals surface area contributed by atoms with Gasteiger partial charge < -0.3 is 4.74 Å². The first-order valence-corrected chi connectivity index (χ1v) is 9.61. The van der Waals surface area contributed by atoms with E-state index in [9.17, 15) is 0 Å². The fraction of sp³-hybridized carbons (Fsp3) is 0.0556. The maximum Gasteiger partial charge on any atom is 0.234 e. The molecule has 0 radical (unpaired) electrons. The van der Waals surface area contributed by atoms with Crippen LogP contribution in [0.3, 0.4) is 0 Å². The fourth-order valence-electron chi connectivity index (χ4n) is 2.60. The molecule has 2 heterocycles. The number of halogens is 1. The minimum absolute atomic E-state index is 0.455. The van der Waals surface area contributed by atoms with Crippen LogP contribution in [0.1, 0.15) is 0 Å². The Bertz CT molecular complexity index is 1130. The van der Waals surface area contributed by atoms with Gasteiger partial charge in [0.2, 0.25) is 10.7 Å². The van der Waals surface area contributed by atoms with E-state index in [0.717, 1.165) is 16.9 Å². The van der Waals surface area contributed by atoms with Gasteiger partial charge in [-0.15, -0.1) is 16.4 Å². The minimum Gasteiger partial charge on any atom is -0.495 e. The molecule has 0 saturated heterocycles. The zero-order chi connectivity index (χ0) is 18.8. The van der Waals surface area contributed by atoms with Gasteiger partial charge in [-0.3, -0.25) is 9.88 Å². The average Bonchev–Trinajstić information content (AvgIpc) is 3.29. The number of para-hydroxylation sites is 2. The van der Waals surface area contributed by atoms with Crippen molar-refractivity contribution in [1.29, 1.82) is 0 Å². The summed E-state index contributed by atoms with van der Waals surface area (Å²) in [6.45, 7) is 0. The lowest BCUT2D eigenvalue weighted by Crippen LogP contribution is -2.03. The number of aromatic nitrogens is 4. The van der Waals surface area contributed by atoms with Crippen LogP contribution in [-0.4, -0.2) is 26.9 Å². The molecule has 0 bridgehead atoms. The summed E-state index contributed by atoms with van der Waals surface area (Å²) in [4.78, 5) is 4.62. The Morgan fingerprint density at radius 1 is 1.19 bits per heavy atom. The van der Waals surface area contributed by atoms with Crippen LogP contribution < -0.4 is 10.1 Å². The number of nitrogens with one attached hydrogen (secondary N) is 2. The molecule has 4 aromatic rings. The van der Waals surface area contributed by atoms with Gasteiger partial charge in [-0.05, 0) is 36.5 Å². The van der Waals surface area contributed by atoms with Crippen molar-refractivity contribution in [2.24, 2.45) is 0 Å². The second-order valence-electron chi connectivity index (χ2n) is 5.53. The Hall–Kier alpha value is -2.68. The molecule has 0 saturated carbocycles. The average molecular weight is 416 g/mol. The standard InChI is InChI=1S/C18H14ClN5OS2/c1-25-15-5-3-2-4-14(15)24-16(22-23-18(24)26)21-17-20-13(10-27-17)11-6-8-12(19)9-7-11/h2-10H,1H3,(H,23,26)(H,20,21,22). The van der Waals surface area contributed by atoms with Crippen LogP contribution in [0.15, 0.2) is 53.9 Å². The largest absolute Gasteiger partial charge is 0.495 e. The number of rotatable bonds is 5. The Morgan fingerprint density at radius 3 is 2.74 bits per heavy atom. The van der Waals surface area contributed by atoms with E-state index in [2.05, 4.69) is 20.5 Å². The lowest BCUT2D eigenvalue weighted by atomic mass is 10.2. The predicted octanol–water partition coefficient (Wildman–Crippen LogP) is 5.46. The van der Waals surface area contributed by atoms with Gasteiger partial charge in [0.05, 0.1) is 18.5 Å². The van der Waals surface area contributed by atoms with Gasteiger partial charge in [-0.2, -0.15) is 0 Å². The number of nitrogens with zero attached hydrogens (tertiary/aromatic N) is 3. The molecule has 0 unspecified atom stereocenters. The zero-order valence-corrected chi connectivity index (χ0v) is 16.5. The molecule has 4 rings (SSSR count). The summed E-state index contributed by atoms with van der Waals surface area (Å²) in [5.74, 6) is 1.22. The van der Waals surface area contributed by atoms with Crippen LogP contribution in [0.5, 0.6) is 5.75 Å². The van der Waals surface area contributed by atoms with Crippen molar-refractivity contribution in [2.75, 3.05) is 12.4 Å². The molecule has 0 amide bonds. The smallest absolute Gasteiger partial charge is 0.234 e. The lowest BCUT2D eigenvalue weighted by molar-refractivity contribution is 0.413. The van der Waals surface area contributed by atoms with Gasteiger partial charge in [0, 0.05) is 16.0 Å². The Morgan fingerprint density at radius 2 is 1.96 bits per heavy atom. The van der Waals surface area contributed by atoms with Gasteiger partial charge in [-0.25, -0.2) is 10.1 Å². The van der Waals surface area contributed by atoms with E-state index < -0.39 is 0 Å². The molecule has 0 aliphatic carbocycles. The molecule has 0 aliphatic heterocycles. The number of thiazole rings is 1. The van der Waals surface area contributed by atoms with E-state index in [4.69, 9.17) is 28.6 Å². The van der Waals surface area contributed by atoms with Crippen LogP contribution >= 0.6 is 35.2 Å². The monoisotopic (exact) mass is 415 g/mol. The van der Waals surface area contributed by atoms with Crippen molar-refractivity contribution < 1.29 is 4.74 Å². The van der Waals surface area contributed by atoms with Crippen LogP contribution in [0.4, 0.5) is 11.1 Å². The topological polar surface area (TPSA) is 67.8 Å². The number of anilines is 2. The summed E-state index contributed by atoms with van der Waals surface area (Å²) in [5, 5.41) is 13.7. The molecule has 9 heteroatoms. The van der Waals surface area contributed by atoms with Gasteiger partial charge in [0.25, 0.3) is 0 Å². The molecule has 27 heavy (non-hydrogen) atoms.